The lowest BCUT2D eigenvalue weighted by Crippen LogP contribution is -2.58. The van der Waals surface area contributed by atoms with Crippen LogP contribution in [0.2, 0.25) is 0 Å². The molecule has 3 saturated heterocycles. The topological polar surface area (TPSA) is 100 Å². The fourth-order valence-corrected chi connectivity index (χ4v) is 4.37. The molecule has 3 aliphatic heterocycles. The molecule has 0 radical (unpaired) electrons. The van der Waals surface area contributed by atoms with E-state index in [4.69, 9.17) is 9.47 Å². The fourth-order valence-electron chi connectivity index (χ4n) is 4.37. The number of likely N-dealkylation sites (tertiary alicyclic amines) is 1. The molecule has 0 saturated carbocycles. The van der Waals surface area contributed by atoms with Gasteiger partial charge in [0.1, 0.15) is 18.7 Å². The molecule has 0 aromatic heterocycles. The summed E-state index contributed by atoms with van der Waals surface area (Å²) in [6.07, 6.45) is 2.43. The molecular formula is C23H40N4O5. The molecule has 182 valence electrons. The number of carbonyl (C=O) groups excluding carboxylic acids is 3. The van der Waals surface area contributed by atoms with Crippen LogP contribution in [0.1, 0.15) is 47.0 Å². The van der Waals surface area contributed by atoms with Crippen LogP contribution in [0.25, 0.3) is 0 Å². The maximum absolute atomic E-state index is 13.4. The molecule has 0 aliphatic carbocycles. The second kappa shape index (κ2) is 10.9. The normalized spacial score (nSPS) is 25.9. The van der Waals surface area contributed by atoms with Gasteiger partial charge in [-0.25, -0.2) is 4.79 Å². The standard InChI is InChI=1S/C23H40N4O5/c1-16(2)23(3,4)13-17(24-22(30)27-9-11-31-12-10-27)21(29)25-20-18(28)15-32-19(20)14-26-7-5-6-8-26/h16-17,19-20H,5-15H2,1-4H3,(H,24,30)(H,25,29)/t17-,19?,20?/m0/s1. The molecule has 3 rings (SSSR count). The smallest absolute Gasteiger partial charge is 0.318 e. The minimum Gasteiger partial charge on any atom is -0.378 e. The van der Waals surface area contributed by atoms with Crippen LogP contribution in [0.15, 0.2) is 0 Å². The largest absolute Gasteiger partial charge is 0.378 e. The van der Waals surface area contributed by atoms with Gasteiger partial charge in [-0.15, -0.1) is 0 Å². The van der Waals surface area contributed by atoms with Crippen molar-refractivity contribution in [3.8, 4) is 0 Å². The van der Waals surface area contributed by atoms with Crippen molar-refractivity contribution in [1.29, 1.82) is 0 Å². The van der Waals surface area contributed by atoms with Crippen molar-refractivity contribution < 1.29 is 23.9 Å². The molecule has 2 unspecified atom stereocenters. The fraction of sp³-hybridized carbons (Fsp3) is 0.870. The van der Waals surface area contributed by atoms with Crippen LogP contribution in [-0.4, -0.2) is 98.3 Å². The number of ether oxygens (including phenoxy) is 2. The van der Waals surface area contributed by atoms with Crippen LogP contribution < -0.4 is 10.6 Å². The third-order valence-electron chi connectivity index (χ3n) is 7.30. The molecule has 3 fully saturated rings. The maximum Gasteiger partial charge on any atom is 0.318 e. The van der Waals surface area contributed by atoms with E-state index in [1.807, 2.05) is 0 Å². The number of hydrogen-bond acceptors (Lipinski definition) is 6. The lowest BCUT2D eigenvalue weighted by atomic mass is 9.76. The Morgan fingerprint density at radius 2 is 1.78 bits per heavy atom. The number of morpholine rings is 1. The van der Waals surface area contributed by atoms with Crippen molar-refractivity contribution >= 4 is 17.7 Å². The van der Waals surface area contributed by atoms with Gasteiger partial charge in [0.15, 0.2) is 5.78 Å². The van der Waals surface area contributed by atoms with E-state index in [0.29, 0.717) is 45.2 Å². The zero-order valence-electron chi connectivity index (χ0n) is 20.0. The number of nitrogens with one attached hydrogen (secondary N) is 2. The Bertz CT molecular complexity index is 671. The van der Waals surface area contributed by atoms with Crippen molar-refractivity contribution in [2.75, 3.05) is 52.5 Å². The Labute approximate surface area is 191 Å². The molecule has 9 nitrogen and oxygen atoms in total. The number of ketones is 1. The number of Topliss-reactive ketones (excluding diaryl/α,β-unsaturated/α-hetero) is 1. The molecule has 32 heavy (non-hydrogen) atoms. The molecule has 9 heteroatoms. The Morgan fingerprint density at radius 3 is 2.41 bits per heavy atom. The van der Waals surface area contributed by atoms with Gasteiger partial charge in [-0.3, -0.25) is 9.59 Å². The average Bonchev–Trinajstić information content (AvgIpc) is 3.39. The van der Waals surface area contributed by atoms with Gasteiger partial charge in [-0.1, -0.05) is 27.7 Å². The number of amides is 3. The van der Waals surface area contributed by atoms with E-state index in [-0.39, 0.29) is 35.8 Å². The summed E-state index contributed by atoms with van der Waals surface area (Å²) in [5, 5.41) is 5.86. The highest BCUT2D eigenvalue weighted by Gasteiger charge is 2.40. The van der Waals surface area contributed by atoms with Gasteiger partial charge in [0.2, 0.25) is 5.91 Å². The summed E-state index contributed by atoms with van der Waals surface area (Å²) in [7, 11) is 0. The number of carbonyl (C=O) groups is 3. The van der Waals surface area contributed by atoms with Gasteiger partial charge in [-0.05, 0) is 43.7 Å². The van der Waals surface area contributed by atoms with E-state index in [2.05, 4.69) is 43.2 Å². The van der Waals surface area contributed by atoms with Crippen LogP contribution in [0, 0.1) is 11.3 Å². The summed E-state index contributed by atoms with van der Waals surface area (Å²) >= 11 is 0. The summed E-state index contributed by atoms with van der Waals surface area (Å²) in [5.41, 5.74) is -0.175. The second-order valence-corrected chi connectivity index (χ2v) is 10.3. The quantitative estimate of drug-likeness (QED) is 0.570. The molecule has 3 aliphatic rings. The van der Waals surface area contributed by atoms with Crippen molar-refractivity contribution in [2.24, 2.45) is 11.3 Å². The maximum atomic E-state index is 13.4. The first-order chi connectivity index (χ1) is 15.2. The monoisotopic (exact) mass is 452 g/mol. The Kier molecular flexibility index (Phi) is 8.52. The van der Waals surface area contributed by atoms with E-state index >= 15 is 0 Å². The van der Waals surface area contributed by atoms with Gasteiger partial charge < -0.3 is 29.9 Å². The summed E-state index contributed by atoms with van der Waals surface area (Å²) in [6.45, 7) is 13.1. The van der Waals surface area contributed by atoms with E-state index in [0.717, 1.165) is 25.9 Å². The third kappa shape index (κ3) is 6.42. The first-order valence-corrected chi connectivity index (χ1v) is 12.0. The lowest BCUT2D eigenvalue weighted by Gasteiger charge is -2.35. The number of nitrogens with zero attached hydrogens (tertiary/aromatic N) is 2. The summed E-state index contributed by atoms with van der Waals surface area (Å²) in [6, 6.07) is -1.67. The van der Waals surface area contributed by atoms with Crippen LogP contribution >= 0.6 is 0 Å². The van der Waals surface area contributed by atoms with Crippen LogP contribution in [0.5, 0.6) is 0 Å². The van der Waals surface area contributed by atoms with Crippen molar-refractivity contribution in [3.63, 3.8) is 0 Å². The first-order valence-electron chi connectivity index (χ1n) is 12.0. The minimum atomic E-state index is -0.733. The molecule has 0 aromatic rings. The van der Waals surface area contributed by atoms with Crippen molar-refractivity contribution in [1.82, 2.24) is 20.4 Å². The molecular weight excluding hydrogens is 412 g/mol. The van der Waals surface area contributed by atoms with Crippen LogP contribution in [-0.2, 0) is 19.1 Å². The zero-order chi connectivity index (χ0) is 23.3. The van der Waals surface area contributed by atoms with Crippen molar-refractivity contribution in [2.45, 2.75) is 65.1 Å². The van der Waals surface area contributed by atoms with Gasteiger partial charge in [0.25, 0.3) is 0 Å². The molecule has 2 N–H and O–H groups in total. The minimum absolute atomic E-state index is 0.0196. The highest BCUT2D eigenvalue weighted by molar-refractivity contribution is 5.94. The van der Waals surface area contributed by atoms with Crippen LogP contribution in [0.4, 0.5) is 4.79 Å². The summed E-state index contributed by atoms with van der Waals surface area (Å²) in [4.78, 5) is 42.7. The van der Waals surface area contributed by atoms with E-state index in [9.17, 15) is 14.4 Å². The molecule has 3 atom stereocenters. The summed E-state index contributed by atoms with van der Waals surface area (Å²) < 4.78 is 11.0. The van der Waals surface area contributed by atoms with Crippen LogP contribution in [0.3, 0.4) is 0 Å². The average molecular weight is 453 g/mol. The predicted molar refractivity (Wildman–Crippen MR) is 120 cm³/mol. The second-order valence-electron chi connectivity index (χ2n) is 10.3. The first kappa shape index (κ1) is 24.9. The van der Waals surface area contributed by atoms with Gasteiger partial charge in [0, 0.05) is 19.6 Å². The molecule has 0 bridgehead atoms. The van der Waals surface area contributed by atoms with E-state index < -0.39 is 12.1 Å². The zero-order valence-corrected chi connectivity index (χ0v) is 20.0. The number of urea groups is 1. The Balaban J connectivity index is 1.68. The summed E-state index contributed by atoms with van der Waals surface area (Å²) in [5.74, 6) is -0.114. The van der Waals surface area contributed by atoms with Gasteiger partial charge in [0.05, 0.1) is 19.3 Å². The Hall–Kier alpha value is -1.71. The molecule has 3 amide bonds. The highest BCUT2D eigenvalue weighted by atomic mass is 16.5. The van der Waals surface area contributed by atoms with E-state index in [1.165, 1.54) is 0 Å². The van der Waals surface area contributed by atoms with E-state index in [1.54, 1.807) is 4.90 Å². The SMILES string of the molecule is CC(C)C(C)(C)C[C@H](NC(=O)N1CCOCC1)C(=O)NC1C(=O)COC1CN1CCCC1. The Morgan fingerprint density at radius 1 is 1.12 bits per heavy atom. The number of hydrogen-bond donors (Lipinski definition) is 2. The highest BCUT2D eigenvalue weighted by Crippen LogP contribution is 2.31. The molecule has 0 spiro atoms. The van der Waals surface area contributed by atoms with Gasteiger partial charge in [-0.2, -0.15) is 0 Å². The third-order valence-corrected chi connectivity index (χ3v) is 7.30. The molecule has 3 heterocycles. The lowest BCUT2D eigenvalue weighted by molar-refractivity contribution is -0.128. The molecule has 0 aromatic carbocycles. The van der Waals surface area contributed by atoms with Gasteiger partial charge >= 0.3 is 6.03 Å². The number of rotatable bonds is 8. The van der Waals surface area contributed by atoms with Crippen molar-refractivity contribution in [3.05, 3.63) is 0 Å². The predicted octanol–water partition coefficient (Wildman–Crippen LogP) is 1.02.